The van der Waals surface area contributed by atoms with Crippen molar-refractivity contribution < 1.29 is 19.2 Å². The maximum Gasteiger partial charge on any atom is 0.368 e. The Morgan fingerprint density at radius 3 is 2.68 bits per heavy atom. The number of rotatable bonds is 4. The van der Waals surface area contributed by atoms with Gasteiger partial charge in [0.1, 0.15) is 5.75 Å². The van der Waals surface area contributed by atoms with Gasteiger partial charge in [0.15, 0.2) is 0 Å². The van der Waals surface area contributed by atoms with Crippen LogP contribution in [0.2, 0.25) is 0 Å². The second-order valence-electron chi connectivity index (χ2n) is 4.19. The molecule has 0 unspecified atom stereocenters. The lowest BCUT2D eigenvalue weighted by Gasteiger charge is -2.15. The highest BCUT2D eigenvalue weighted by molar-refractivity contribution is 7.13. The molecule has 0 saturated heterocycles. The molecule has 0 spiro atoms. The van der Waals surface area contributed by atoms with Crippen LogP contribution in [0.5, 0.6) is 5.75 Å². The number of para-hydroxylation sites is 1. The summed E-state index contributed by atoms with van der Waals surface area (Å²) in [5.74, 6) is -1.10. The summed E-state index contributed by atoms with van der Waals surface area (Å²) >= 11 is 0.824. The third kappa shape index (κ3) is 3.09. The van der Waals surface area contributed by atoms with E-state index >= 15 is 0 Å². The van der Waals surface area contributed by atoms with Crippen molar-refractivity contribution in [3.05, 3.63) is 45.5 Å². The van der Waals surface area contributed by atoms with Crippen molar-refractivity contribution in [3.8, 4) is 5.75 Å². The van der Waals surface area contributed by atoms with E-state index in [1.807, 2.05) is 0 Å². The molecule has 0 saturated carbocycles. The maximum atomic E-state index is 12.5. The molecule has 0 aliphatic rings. The third-order valence-corrected chi connectivity index (χ3v) is 3.46. The lowest BCUT2D eigenvalue weighted by molar-refractivity contribution is -0.379. The first-order chi connectivity index (χ1) is 10.4. The molecular formula is C13H11N3O5S. The van der Waals surface area contributed by atoms with Crippen molar-refractivity contribution in [1.29, 1.82) is 0 Å². The van der Waals surface area contributed by atoms with Gasteiger partial charge in [-0.05, 0) is 23.5 Å². The molecule has 1 heterocycles. The molecule has 0 radical (unpaired) electrons. The molecule has 2 aromatic rings. The predicted molar refractivity (Wildman–Crippen MR) is 79.3 cm³/mol. The zero-order chi connectivity index (χ0) is 16.3. The van der Waals surface area contributed by atoms with Crippen LogP contribution in [0.3, 0.4) is 0 Å². The quantitative estimate of drug-likeness (QED) is 0.370. The number of anilines is 1. The van der Waals surface area contributed by atoms with Crippen molar-refractivity contribution in [2.45, 2.75) is 6.92 Å². The van der Waals surface area contributed by atoms with E-state index in [1.165, 1.54) is 31.6 Å². The Hall–Kier alpha value is -2.81. The number of nitro groups is 1. The molecule has 9 heteroatoms. The Kier molecular flexibility index (Phi) is 4.47. The molecule has 0 fully saturated rings. The van der Waals surface area contributed by atoms with Crippen LogP contribution in [0, 0.1) is 10.1 Å². The Morgan fingerprint density at radius 1 is 1.36 bits per heavy atom. The minimum absolute atomic E-state index is 0.0578. The maximum absolute atomic E-state index is 12.5. The molecule has 0 aliphatic carbocycles. The van der Waals surface area contributed by atoms with E-state index in [0.717, 1.165) is 16.2 Å². The number of carbonyl (C=O) groups is 2. The van der Waals surface area contributed by atoms with Crippen molar-refractivity contribution in [3.63, 3.8) is 0 Å². The monoisotopic (exact) mass is 321 g/mol. The van der Waals surface area contributed by atoms with E-state index in [-0.39, 0.29) is 22.1 Å². The second-order valence-corrected chi connectivity index (χ2v) is 5.03. The average molecular weight is 321 g/mol. The SMILES string of the molecule is CC(=O)Oc1ccccc1C(=O)N(C)c1ncsc1[N+](=O)[O-]. The number of thiazole rings is 1. The number of aromatic nitrogens is 1. The molecule has 0 atom stereocenters. The van der Waals surface area contributed by atoms with Crippen LogP contribution in [0.15, 0.2) is 29.8 Å². The molecule has 0 N–H and O–H groups in total. The van der Waals surface area contributed by atoms with Crippen LogP contribution in [0.4, 0.5) is 10.8 Å². The molecule has 0 aliphatic heterocycles. The van der Waals surface area contributed by atoms with Gasteiger partial charge in [-0.3, -0.25) is 24.6 Å². The number of benzene rings is 1. The molecule has 0 bridgehead atoms. The highest BCUT2D eigenvalue weighted by Crippen LogP contribution is 2.32. The van der Waals surface area contributed by atoms with E-state index in [1.54, 1.807) is 12.1 Å². The lowest BCUT2D eigenvalue weighted by atomic mass is 10.2. The Morgan fingerprint density at radius 2 is 2.05 bits per heavy atom. The summed E-state index contributed by atoms with van der Waals surface area (Å²) in [6.45, 7) is 1.22. The fraction of sp³-hybridized carbons (Fsp3) is 0.154. The molecule has 8 nitrogen and oxygen atoms in total. The molecule has 1 aromatic heterocycles. The summed E-state index contributed by atoms with van der Waals surface area (Å²) < 4.78 is 4.97. The zero-order valence-electron chi connectivity index (χ0n) is 11.7. The van der Waals surface area contributed by atoms with Crippen LogP contribution < -0.4 is 9.64 Å². The fourth-order valence-corrected chi connectivity index (χ4v) is 2.39. The Balaban J connectivity index is 2.37. The Bertz CT molecular complexity index is 743. The van der Waals surface area contributed by atoms with Gasteiger partial charge in [-0.1, -0.05) is 12.1 Å². The molecule has 1 amide bonds. The molecular weight excluding hydrogens is 310 g/mol. The number of ether oxygens (including phenoxy) is 1. The number of esters is 1. The molecule has 1 aromatic carbocycles. The second kappa shape index (κ2) is 6.31. The number of hydrogen-bond donors (Lipinski definition) is 0. The van der Waals surface area contributed by atoms with Gasteiger partial charge in [0.05, 0.1) is 16.0 Å². The number of hydrogen-bond acceptors (Lipinski definition) is 7. The fourth-order valence-electron chi connectivity index (χ4n) is 1.75. The predicted octanol–water partition coefficient (Wildman–Crippen LogP) is 2.25. The molecule has 114 valence electrons. The Labute approximate surface area is 129 Å². The summed E-state index contributed by atoms with van der Waals surface area (Å²) in [4.78, 5) is 38.8. The van der Waals surface area contributed by atoms with Gasteiger partial charge in [0.2, 0.25) is 5.82 Å². The van der Waals surface area contributed by atoms with Gasteiger partial charge in [0, 0.05) is 14.0 Å². The van der Waals surface area contributed by atoms with Gasteiger partial charge in [-0.15, -0.1) is 0 Å². The summed E-state index contributed by atoms with van der Waals surface area (Å²) in [7, 11) is 1.37. The standard InChI is InChI=1S/C13H11N3O5S/c1-8(17)21-10-6-4-3-5-9(10)12(18)15(2)11-13(16(19)20)22-7-14-11/h3-7H,1-2H3. The van der Waals surface area contributed by atoms with Crippen molar-refractivity contribution >= 4 is 34.0 Å². The topological polar surface area (TPSA) is 103 Å². The minimum atomic E-state index is -0.602. The first-order valence-electron chi connectivity index (χ1n) is 6.05. The molecule has 2 rings (SSSR count). The summed E-state index contributed by atoms with van der Waals surface area (Å²) in [5.41, 5.74) is 1.40. The van der Waals surface area contributed by atoms with E-state index in [4.69, 9.17) is 4.74 Å². The van der Waals surface area contributed by atoms with Gasteiger partial charge in [0.25, 0.3) is 5.91 Å². The summed E-state index contributed by atoms with van der Waals surface area (Å²) in [5, 5.41) is 10.7. The van der Waals surface area contributed by atoms with Crippen molar-refractivity contribution in [2.75, 3.05) is 11.9 Å². The minimum Gasteiger partial charge on any atom is -0.426 e. The summed E-state index contributed by atoms with van der Waals surface area (Å²) in [6, 6.07) is 6.15. The first-order valence-corrected chi connectivity index (χ1v) is 6.93. The van der Waals surface area contributed by atoms with Crippen LogP contribution in [0.25, 0.3) is 0 Å². The zero-order valence-corrected chi connectivity index (χ0v) is 12.5. The number of nitrogens with zero attached hydrogens (tertiary/aromatic N) is 3. The van der Waals surface area contributed by atoms with E-state index in [9.17, 15) is 19.7 Å². The van der Waals surface area contributed by atoms with Crippen LogP contribution in [0.1, 0.15) is 17.3 Å². The highest BCUT2D eigenvalue weighted by Gasteiger charge is 2.27. The first kappa shape index (κ1) is 15.6. The van der Waals surface area contributed by atoms with Crippen LogP contribution in [-0.2, 0) is 4.79 Å². The van der Waals surface area contributed by atoms with Crippen LogP contribution in [-0.4, -0.2) is 28.8 Å². The smallest absolute Gasteiger partial charge is 0.368 e. The molecule has 22 heavy (non-hydrogen) atoms. The van der Waals surface area contributed by atoms with Gasteiger partial charge >= 0.3 is 11.0 Å². The van der Waals surface area contributed by atoms with Gasteiger partial charge in [-0.25, -0.2) is 4.98 Å². The number of amides is 1. The van der Waals surface area contributed by atoms with Gasteiger partial charge < -0.3 is 4.74 Å². The number of carbonyl (C=O) groups excluding carboxylic acids is 2. The van der Waals surface area contributed by atoms with Crippen LogP contribution >= 0.6 is 11.3 Å². The lowest BCUT2D eigenvalue weighted by Crippen LogP contribution is -2.27. The van der Waals surface area contributed by atoms with Crippen molar-refractivity contribution in [1.82, 2.24) is 4.98 Å². The van der Waals surface area contributed by atoms with Gasteiger partial charge in [-0.2, -0.15) is 0 Å². The average Bonchev–Trinajstić information content (AvgIpc) is 2.95. The van der Waals surface area contributed by atoms with Crippen molar-refractivity contribution in [2.24, 2.45) is 0 Å². The highest BCUT2D eigenvalue weighted by atomic mass is 32.1. The van der Waals surface area contributed by atoms with E-state index < -0.39 is 16.8 Å². The van der Waals surface area contributed by atoms with E-state index in [2.05, 4.69) is 4.98 Å². The third-order valence-electron chi connectivity index (χ3n) is 2.69. The van der Waals surface area contributed by atoms with E-state index in [0.29, 0.717) is 0 Å². The largest absolute Gasteiger partial charge is 0.426 e. The summed E-state index contributed by atoms with van der Waals surface area (Å²) in [6.07, 6.45) is 0. The normalized spacial score (nSPS) is 10.1.